The summed E-state index contributed by atoms with van der Waals surface area (Å²) in [5.41, 5.74) is 2.69. The van der Waals surface area contributed by atoms with E-state index in [1.54, 1.807) is 0 Å². The van der Waals surface area contributed by atoms with E-state index < -0.39 is 0 Å². The third kappa shape index (κ3) is 11.8. The zero-order valence-corrected chi connectivity index (χ0v) is 23.8. The molecule has 2 aromatic rings. The number of hydrogen-bond acceptors (Lipinski definition) is 2. The van der Waals surface area contributed by atoms with Crippen LogP contribution in [-0.4, -0.2) is 17.6 Å². The number of nitrogens with zero attached hydrogens (tertiary/aromatic N) is 2. The van der Waals surface area contributed by atoms with Crippen molar-refractivity contribution in [2.75, 3.05) is 11.4 Å². The summed E-state index contributed by atoms with van der Waals surface area (Å²) in [6.07, 6.45) is 30.2. The van der Waals surface area contributed by atoms with Gasteiger partial charge in [0.25, 0.3) is 0 Å². The Morgan fingerprint density at radius 1 is 0.514 bits per heavy atom. The van der Waals surface area contributed by atoms with Crippen molar-refractivity contribution in [3.63, 3.8) is 0 Å². The lowest BCUT2D eigenvalue weighted by molar-refractivity contribution is 0.290. The van der Waals surface area contributed by atoms with Crippen LogP contribution in [0, 0.1) is 0 Å². The largest absolute Gasteiger partial charge is 0.355 e. The Morgan fingerprint density at radius 2 is 0.973 bits per heavy atom. The van der Waals surface area contributed by atoms with Gasteiger partial charge in [0.2, 0.25) is 0 Å². The van der Waals surface area contributed by atoms with Crippen molar-refractivity contribution in [1.82, 2.24) is 4.90 Å². The molecule has 0 amide bonds. The highest BCUT2D eigenvalue weighted by atomic mass is 15.4. The van der Waals surface area contributed by atoms with Crippen LogP contribution in [0.2, 0.25) is 0 Å². The van der Waals surface area contributed by atoms with Crippen LogP contribution in [0.15, 0.2) is 73.1 Å². The maximum Gasteiger partial charge on any atom is 0.109 e. The molecule has 0 N–H and O–H groups in total. The van der Waals surface area contributed by atoms with Crippen LogP contribution in [0.5, 0.6) is 0 Å². The Kier molecular flexibility index (Phi) is 15.0. The number of unbranched alkanes of at least 4 members (excludes halogenated alkanes) is 16. The average Bonchev–Trinajstić information content (AvgIpc) is 3.33. The standard InChI is InChI=1S/C35H54N2/c1-2-3-4-5-6-7-8-9-10-11-12-13-14-15-16-17-24-29-36-30-31-37(34-27-22-19-23-28-34)35(36)32-33-25-20-18-21-26-33/h18-23,25-28,30-31,35H,2-17,24,29,32H2,1H3. The Balaban J connectivity index is 1.22. The molecule has 0 radical (unpaired) electrons. The van der Waals surface area contributed by atoms with Gasteiger partial charge in [0, 0.05) is 31.1 Å². The Bertz CT molecular complexity index is 816. The van der Waals surface area contributed by atoms with Gasteiger partial charge in [0.15, 0.2) is 0 Å². The molecule has 2 aromatic carbocycles. The summed E-state index contributed by atoms with van der Waals surface area (Å²) < 4.78 is 0. The van der Waals surface area contributed by atoms with Crippen LogP contribution in [0.25, 0.3) is 0 Å². The highest BCUT2D eigenvalue weighted by Gasteiger charge is 2.27. The molecule has 2 nitrogen and oxygen atoms in total. The quantitative estimate of drug-likeness (QED) is 0.157. The second kappa shape index (κ2) is 18.9. The van der Waals surface area contributed by atoms with Crippen molar-refractivity contribution in [3.8, 4) is 0 Å². The van der Waals surface area contributed by atoms with Crippen molar-refractivity contribution in [1.29, 1.82) is 0 Å². The van der Waals surface area contributed by atoms with Gasteiger partial charge in [-0.15, -0.1) is 0 Å². The number of anilines is 1. The first-order valence-electron chi connectivity index (χ1n) is 15.7. The summed E-state index contributed by atoms with van der Waals surface area (Å²) in [5, 5.41) is 0. The molecule has 0 fully saturated rings. The predicted octanol–water partition coefficient (Wildman–Crippen LogP) is 10.5. The van der Waals surface area contributed by atoms with Gasteiger partial charge in [0.1, 0.15) is 6.17 Å². The van der Waals surface area contributed by atoms with E-state index in [0.717, 1.165) is 13.0 Å². The topological polar surface area (TPSA) is 6.48 Å². The lowest BCUT2D eigenvalue weighted by Crippen LogP contribution is -2.40. The molecule has 0 spiro atoms. The lowest BCUT2D eigenvalue weighted by atomic mass is 10.0. The SMILES string of the molecule is CCCCCCCCCCCCCCCCCCCN1C=CN(c2ccccc2)C1Cc1ccccc1. The molecule has 0 saturated heterocycles. The van der Waals surface area contributed by atoms with E-state index in [0.29, 0.717) is 6.17 Å². The van der Waals surface area contributed by atoms with Crippen molar-refractivity contribution < 1.29 is 0 Å². The third-order valence-corrected chi connectivity index (χ3v) is 7.96. The van der Waals surface area contributed by atoms with Gasteiger partial charge in [0.05, 0.1) is 0 Å². The number of rotatable bonds is 21. The average molecular weight is 503 g/mol. The van der Waals surface area contributed by atoms with Gasteiger partial charge in [-0.05, 0) is 24.1 Å². The molecule has 0 saturated carbocycles. The summed E-state index contributed by atoms with van der Waals surface area (Å²) in [6.45, 7) is 3.45. The van der Waals surface area contributed by atoms with E-state index >= 15 is 0 Å². The molecule has 0 aromatic heterocycles. The van der Waals surface area contributed by atoms with E-state index in [9.17, 15) is 0 Å². The Morgan fingerprint density at radius 3 is 1.49 bits per heavy atom. The molecule has 1 atom stereocenters. The summed E-state index contributed by atoms with van der Waals surface area (Å²) in [7, 11) is 0. The molecule has 204 valence electrons. The second-order valence-corrected chi connectivity index (χ2v) is 11.1. The fourth-order valence-corrected chi connectivity index (χ4v) is 5.66. The monoisotopic (exact) mass is 502 g/mol. The first kappa shape index (κ1) is 29.3. The normalized spacial score (nSPS) is 15.1. The van der Waals surface area contributed by atoms with Crippen molar-refractivity contribution >= 4 is 5.69 Å². The summed E-state index contributed by atoms with van der Waals surface area (Å²) in [5.74, 6) is 0. The molecule has 1 aliphatic rings. The highest BCUT2D eigenvalue weighted by molar-refractivity contribution is 5.51. The van der Waals surface area contributed by atoms with Crippen molar-refractivity contribution in [2.24, 2.45) is 0 Å². The lowest BCUT2D eigenvalue weighted by Gasteiger charge is -2.33. The summed E-state index contributed by atoms with van der Waals surface area (Å²) >= 11 is 0. The third-order valence-electron chi connectivity index (χ3n) is 7.96. The van der Waals surface area contributed by atoms with E-state index in [1.807, 2.05) is 0 Å². The smallest absolute Gasteiger partial charge is 0.109 e. The van der Waals surface area contributed by atoms with Crippen molar-refractivity contribution in [2.45, 2.75) is 129 Å². The highest BCUT2D eigenvalue weighted by Crippen LogP contribution is 2.27. The Hall–Kier alpha value is -2.22. The van der Waals surface area contributed by atoms with Crippen LogP contribution >= 0.6 is 0 Å². The molecule has 1 heterocycles. The predicted molar refractivity (Wildman–Crippen MR) is 163 cm³/mol. The minimum atomic E-state index is 0.367. The molecule has 3 rings (SSSR count). The van der Waals surface area contributed by atoms with Gasteiger partial charge in [-0.1, -0.05) is 158 Å². The summed E-state index contributed by atoms with van der Waals surface area (Å²) in [6, 6.07) is 21.8. The minimum Gasteiger partial charge on any atom is -0.355 e. The first-order chi connectivity index (χ1) is 18.4. The van der Waals surface area contributed by atoms with E-state index in [1.165, 1.54) is 120 Å². The zero-order chi connectivity index (χ0) is 25.8. The number of para-hydroxylation sites is 1. The number of benzene rings is 2. The molecule has 37 heavy (non-hydrogen) atoms. The number of hydrogen-bond donors (Lipinski definition) is 0. The zero-order valence-electron chi connectivity index (χ0n) is 23.8. The molecule has 0 aliphatic carbocycles. The fraction of sp³-hybridized carbons (Fsp3) is 0.600. The van der Waals surface area contributed by atoms with Crippen LogP contribution < -0.4 is 4.90 Å². The Labute approximate surface area is 229 Å². The first-order valence-corrected chi connectivity index (χ1v) is 15.7. The van der Waals surface area contributed by atoms with Gasteiger partial charge in [-0.2, -0.15) is 0 Å². The van der Waals surface area contributed by atoms with E-state index in [-0.39, 0.29) is 0 Å². The van der Waals surface area contributed by atoms with E-state index in [2.05, 4.69) is 89.8 Å². The van der Waals surface area contributed by atoms with E-state index in [4.69, 9.17) is 0 Å². The van der Waals surface area contributed by atoms with Gasteiger partial charge < -0.3 is 9.80 Å². The van der Waals surface area contributed by atoms with Gasteiger partial charge >= 0.3 is 0 Å². The molecule has 2 heteroatoms. The summed E-state index contributed by atoms with van der Waals surface area (Å²) in [4.78, 5) is 5.01. The maximum atomic E-state index is 2.56. The fourth-order valence-electron chi connectivity index (χ4n) is 5.66. The van der Waals surface area contributed by atoms with Crippen LogP contribution in [0.1, 0.15) is 122 Å². The van der Waals surface area contributed by atoms with Gasteiger partial charge in [-0.3, -0.25) is 0 Å². The molecule has 1 unspecified atom stereocenters. The molecular formula is C35H54N2. The second-order valence-electron chi connectivity index (χ2n) is 11.1. The minimum absolute atomic E-state index is 0.367. The van der Waals surface area contributed by atoms with Crippen LogP contribution in [0.3, 0.4) is 0 Å². The molecule has 1 aliphatic heterocycles. The molecular weight excluding hydrogens is 448 g/mol. The van der Waals surface area contributed by atoms with Crippen LogP contribution in [0.4, 0.5) is 5.69 Å². The maximum absolute atomic E-state index is 2.56. The van der Waals surface area contributed by atoms with Crippen LogP contribution in [-0.2, 0) is 6.42 Å². The van der Waals surface area contributed by atoms with Gasteiger partial charge in [-0.25, -0.2) is 0 Å². The molecule has 0 bridgehead atoms. The van der Waals surface area contributed by atoms with Crippen molar-refractivity contribution in [3.05, 3.63) is 78.6 Å².